The number of ether oxygens (including phenoxy) is 1. The first kappa shape index (κ1) is 13.3. The summed E-state index contributed by atoms with van der Waals surface area (Å²) < 4.78 is 31.4. The van der Waals surface area contributed by atoms with Crippen molar-refractivity contribution in [2.45, 2.75) is 43.5 Å². The maximum Gasteiger partial charge on any atom is 0.217 e. The summed E-state index contributed by atoms with van der Waals surface area (Å²) in [7, 11) is -3.26. The van der Waals surface area contributed by atoms with Crippen LogP contribution in [0.1, 0.15) is 32.6 Å². The molecule has 0 saturated carbocycles. The van der Waals surface area contributed by atoms with E-state index in [0.717, 1.165) is 6.42 Å². The van der Waals surface area contributed by atoms with Crippen molar-refractivity contribution in [1.29, 1.82) is 0 Å². The molecule has 0 spiro atoms. The number of nitrogens with zero attached hydrogens (tertiary/aromatic N) is 1. The van der Waals surface area contributed by atoms with Gasteiger partial charge in [0, 0.05) is 26.3 Å². The summed E-state index contributed by atoms with van der Waals surface area (Å²) >= 11 is 0. The average molecular weight is 263 g/mol. The van der Waals surface area contributed by atoms with E-state index in [1.54, 1.807) is 6.92 Å². The number of β-amino-alcohol motifs (C(OH)–C–C–N with tert-alkyl or cyclic N) is 1. The van der Waals surface area contributed by atoms with E-state index in [1.165, 1.54) is 4.31 Å². The van der Waals surface area contributed by atoms with Crippen LogP contribution in [0, 0.1) is 0 Å². The molecule has 0 bridgehead atoms. The Hall–Kier alpha value is -0.170. The molecule has 2 fully saturated rings. The third-order valence-electron chi connectivity index (χ3n) is 3.59. The van der Waals surface area contributed by atoms with E-state index in [4.69, 9.17) is 4.74 Å². The monoisotopic (exact) mass is 263 g/mol. The second-order valence-electron chi connectivity index (χ2n) is 5.29. The van der Waals surface area contributed by atoms with Crippen LogP contribution in [0.4, 0.5) is 0 Å². The van der Waals surface area contributed by atoms with E-state index in [9.17, 15) is 13.5 Å². The van der Waals surface area contributed by atoms with Crippen LogP contribution in [-0.2, 0) is 14.8 Å². The molecule has 1 unspecified atom stereocenters. The van der Waals surface area contributed by atoms with Gasteiger partial charge >= 0.3 is 0 Å². The lowest BCUT2D eigenvalue weighted by molar-refractivity contribution is 0.00856. The van der Waals surface area contributed by atoms with Gasteiger partial charge in [0.1, 0.15) is 0 Å². The molecule has 1 atom stereocenters. The van der Waals surface area contributed by atoms with Crippen molar-refractivity contribution in [2.24, 2.45) is 0 Å². The summed E-state index contributed by atoms with van der Waals surface area (Å²) in [6, 6.07) is 0. The van der Waals surface area contributed by atoms with Crippen molar-refractivity contribution in [3.63, 3.8) is 0 Å². The van der Waals surface area contributed by atoms with E-state index in [2.05, 4.69) is 0 Å². The lowest BCUT2D eigenvalue weighted by atomic mass is 9.97. The quantitative estimate of drug-likeness (QED) is 0.780. The Morgan fingerprint density at radius 1 is 1.35 bits per heavy atom. The van der Waals surface area contributed by atoms with Crippen molar-refractivity contribution in [3.05, 3.63) is 0 Å². The fraction of sp³-hybridized carbons (Fsp3) is 1.00. The topological polar surface area (TPSA) is 66.8 Å². The number of hydrogen-bond donors (Lipinski definition) is 1. The van der Waals surface area contributed by atoms with Gasteiger partial charge < -0.3 is 9.84 Å². The summed E-state index contributed by atoms with van der Waals surface area (Å²) in [6.45, 7) is 3.52. The molecule has 100 valence electrons. The summed E-state index contributed by atoms with van der Waals surface area (Å²) in [6.07, 6.45) is 2.55. The third kappa shape index (κ3) is 2.99. The highest BCUT2D eigenvalue weighted by Crippen LogP contribution is 2.27. The Bertz CT molecular complexity index is 360. The first-order chi connectivity index (χ1) is 7.92. The first-order valence-electron chi connectivity index (χ1n) is 6.21. The first-order valence-corrected chi connectivity index (χ1v) is 7.71. The van der Waals surface area contributed by atoms with Crippen LogP contribution < -0.4 is 0 Å². The zero-order valence-electron chi connectivity index (χ0n) is 10.3. The Morgan fingerprint density at radius 3 is 2.59 bits per heavy atom. The highest BCUT2D eigenvalue weighted by molar-refractivity contribution is 7.89. The minimum atomic E-state index is -3.26. The standard InChI is InChI=1S/C11H21NO4S/c1-11(13)5-2-6-12(9-11)17(14,15)10-3-7-16-8-4-10/h10,13H,2-9H2,1H3. The van der Waals surface area contributed by atoms with E-state index < -0.39 is 15.6 Å². The van der Waals surface area contributed by atoms with Crippen LogP contribution in [0.3, 0.4) is 0 Å². The summed E-state index contributed by atoms with van der Waals surface area (Å²) in [5.74, 6) is 0. The average Bonchev–Trinajstić information content (AvgIpc) is 2.29. The molecule has 0 aliphatic carbocycles. The van der Waals surface area contributed by atoms with Crippen LogP contribution in [-0.4, -0.2) is 55.0 Å². The largest absolute Gasteiger partial charge is 0.389 e. The fourth-order valence-electron chi connectivity index (χ4n) is 2.58. The maximum absolute atomic E-state index is 12.4. The van der Waals surface area contributed by atoms with E-state index in [-0.39, 0.29) is 11.8 Å². The van der Waals surface area contributed by atoms with Gasteiger partial charge in [0.05, 0.1) is 10.9 Å². The van der Waals surface area contributed by atoms with Gasteiger partial charge in [-0.25, -0.2) is 8.42 Å². The lowest BCUT2D eigenvalue weighted by Gasteiger charge is -2.38. The smallest absolute Gasteiger partial charge is 0.217 e. The molecule has 0 aromatic heterocycles. The van der Waals surface area contributed by atoms with Gasteiger partial charge in [-0.15, -0.1) is 0 Å². The molecule has 1 N–H and O–H groups in total. The number of sulfonamides is 1. The minimum Gasteiger partial charge on any atom is -0.389 e. The minimum absolute atomic E-state index is 0.229. The predicted molar refractivity (Wildman–Crippen MR) is 64.2 cm³/mol. The van der Waals surface area contributed by atoms with Crippen LogP contribution in [0.15, 0.2) is 0 Å². The predicted octanol–water partition coefficient (Wildman–Crippen LogP) is 0.342. The normalized spacial score (nSPS) is 33.8. The van der Waals surface area contributed by atoms with Crippen molar-refractivity contribution in [2.75, 3.05) is 26.3 Å². The number of rotatable bonds is 2. The highest BCUT2D eigenvalue weighted by Gasteiger charge is 2.39. The molecular formula is C11H21NO4S. The van der Waals surface area contributed by atoms with Gasteiger partial charge in [0.25, 0.3) is 0 Å². The number of aliphatic hydroxyl groups is 1. The lowest BCUT2D eigenvalue weighted by Crippen LogP contribution is -2.51. The number of piperidine rings is 1. The molecule has 0 radical (unpaired) electrons. The molecule has 5 nitrogen and oxygen atoms in total. The van der Waals surface area contributed by atoms with Gasteiger partial charge in [-0.05, 0) is 32.6 Å². The molecular weight excluding hydrogens is 242 g/mol. The zero-order valence-corrected chi connectivity index (χ0v) is 11.1. The molecule has 2 saturated heterocycles. The van der Waals surface area contributed by atoms with E-state index >= 15 is 0 Å². The molecule has 2 aliphatic heterocycles. The summed E-state index contributed by atoms with van der Waals surface area (Å²) in [4.78, 5) is 0. The molecule has 0 amide bonds. The molecule has 6 heteroatoms. The van der Waals surface area contributed by atoms with Gasteiger partial charge in [-0.2, -0.15) is 4.31 Å². The van der Waals surface area contributed by atoms with E-state index in [1.807, 2.05) is 0 Å². The van der Waals surface area contributed by atoms with Crippen molar-refractivity contribution >= 4 is 10.0 Å². The van der Waals surface area contributed by atoms with Crippen LogP contribution >= 0.6 is 0 Å². The second kappa shape index (κ2) is 4.84. The van der Waals surface area contributed by atoms with Crippen LogP contribution in [0.5, 0.6) is 0 Å². The SMILES string of the molecule is CC1(O)CCCN(S(=O)(=O)C2CCOCC2)C1. The van der Waals surface area contributed by atoms with Gasteiger partial charge in [-0.3, -0.25) is 0 Å². The van der Waals surface area contributed by atoms with Gasteiger partial charge in [0.2, 0.25) is 10.0 Å². The molecule has 2 heterocycles. The van der Waals surface area contributed by atoms with Crippen molar-refractivity contribution in [3.8, 4) is 0 Å². The van der Waals surface area contributed by atoms with Gasteiger partial charge in [0.15, 0.2) is 0 Å². The maximum atomic E-state index is 12.4. The van der Waals surface area contributed by atoms with E-state index in [0.29, 0.717) is 39.0 Å². The highest BCUT2D eigenvalue weighted by atomic mass is 32.2. The Balaban J connectivity index is 2.09. The van der Waals surface area contributed by atoms with Crippen molar-refractivity contribution < 1.29 is 18.3 Å². The van der Waals surface area contributed by atoms with Gasteiger partial charge in [-0.1, -0.05) is 0 Å². The Kier molecular flexibility index (Phi) is 3.77. The van der Waals surface area contributed by atoms with Crippen LogP contribution in [0.2, 0.25) is 0 Å². The third-order valence-corrected chi connectivity index (χ3v) is 5.93. The summed E-state index contributed by atoms with van der Waals surface area (Å²) in [5, 5.41) is 9.65. The second-order valence-corrected chi connectivity index (χ2v) is 7.50. The number of hydrogen-bond acceptors (Lipinski definition) is 4. The molecule has 0 aromatic carbocycles. The molecule has 17 heavy (non-hydrogen) atoms. The molecule has 2 aliphatic rings. The fourth-order valence-corrected chi connectivity index (χ4v) is 4.63. The van der Waals surface area contributed by atoms with Crippen molar-refractivity contribution in [1.82, 2.24) is 4.31 Å². The Morgan fingerprint density at radius 2 is 2.00 bits per heavy atom. The molecule has 0 aromatic rings. The zero-order chi connectivity index (χ0) is 12.5. The van der Waals surface area contributed by atoms with Crippen LogP contribution in [0.25, 0.3) is 0 Å². The molecule has 2 rings (SSSR count). The Labute approximate surface area is 103 Å². The summed E-state index contributed by atoms with van der Waals surface area (Å²) in [5.41, 5.74) is -0.878.